The maximum atomic E-state index is 12.9. The van der Waals surface area contributed by atoms with Gasteiger partial charge in [-0.15, -0.1) is 0 Å². The molecule has 0 unspecified atom stereocenters. The molecule has 168 valence electrons. The summed E-state index contributed by atoms with van der Waals surface area (Å²) in [6.07, 6.45) is 6.52. The molecule has 8 nitrogen and oxygen atoms in total. The number of ether oxygens (including phenoxy) is 1. The number of benzene rings is 1. The van der Waals surface area contributed by atoms with Crippen molar-refractivity contribution < 1.29 is 23.9 Å². The van der Waals surface area contributed by atoms with E-state index in [0.29, 0.717) is 12.1 Å². The fourth-order valence-corrected chi connectivity index (χ4v) is 4.29. The summed E-state index contributed by atoms with van der Waals surface area (Å²) >= 11 is 0. The van der Waals surface area contributed by atoms with Crippen LogP contribution in [0.15, 0.2) is 24.3 Å². The van der Waals surface area contributed by atoms with Gasteiger partial charge in [0.15, 0.2) is 6.61 Å². The molecule has 0 radical (unpaired) electrons. The lowest BCUT2D eigenvalue weighted by molar-refractivity contribution is -0.150. The van der Waals surface area contributed by atoms with Crippen LogP contribution < -0.4 is 10.6 Å². The predicted octanol–water partition coefficient (Wildman–Crippen LogP) is 3.01. The smallest absolute Gasteiger partial charge is 0.326 e. The van der Waals surface area contributed by atoms with Crippen molar-refractivity contribution in [1.82, 2.24) is 10.2 Å². The van der Waals surface area contributed by atoms with Crippen LogP contribution in [0.5, 0.6) is 0 Å². The number of rotatable bonds is 8. The minimum atomic E-state index is -0.920. The Morgan fingerprint density at radius 3 is 2.65 bits per heavy atom. The third-order valence-corrected chi connectivity index (χ3v) is 6.21. The molecule has 1 heterocycles. The number of hydrogen-bond donors (Lipinski definition) is 2. The largest absolute Gasteiger partial charge is 0.454 e. The van der Waals surface area contributed by atoms with Gasteiger partial charge in [-0.1, -0.05) is 45.2 Å². The first-order valence-corrected chi connectivity index (χ1v) is 11.0. The van der Waals surface area contributed by atoms with Crippen molar-refractivity contribution in [1.29, 1.82) is 0 Å². The van der Waals surface area contributed by atoms with E-state index in [1.54, 1.807) is 0 Å². The topological polar surface area (TPSA) is 105 Å². The number of amides is 4. The van der Waals surface area contributed by atoms with E-state index < -0.39 is 36.6 Å². The SMILES string of the molecule is CCCCc1ccc(NC(=O)COC(=O)CN2C(=O)N[C@]3(CCCC[C@H]3C)C2=O)cc1. The quantitative estimate of drug-likeness (QED) is 0.488. The van der Waals surface area contributed by atoms with E-state index >= 15 is 0 Å². The molecule has 1 aliphatic heterocycles. The summed E-state index contributed by atoms with van der Waals surface area (Å²) < 4.78 is 4.99. The van der Waals surface area contributed by atoms with E-state index in [0.717, 1.165) is 43.4 Å². The number of nitrogens with zero attached hydrogens (tertiary/aromatic N) is 1. The van der Waals surface area contributed by atoms with E-state index in [2.05, 4.69) is 17.6 Å². The Hall–Kier alpha value is -2.90. The molecule has 31 heavy (non-hydrogen) atoms. The molecule has 3 rings (SSSR count). The van der Waals surface area contributed by atoms with Gasteiger partial charge in [0.1, 0.15) is 12.1 Å². The molecule has 1 aromatic rings. The van der Waals surface area contributed by atoms with E-state index in [1.807, 2.05) is 31.2 Å². The first kappa shape index (κ1) is 22.8. The Morgan fingerprint density at radius 2 is 1.97 bits per heavy atom. The standard InChI is InChI=1S/C23H31N3O5/c1-3-4-8-17-9-11-18(12-10-17)24-19(27)15-31-20(28)14-26-21(29)23(25-22(26)30)13-6-5-7-16(23)2/h9-12,16H,3-8,13-15H2,1-2H3,(H,24,27)(H,25,30)/t16-,23+/m1/s1. The average molecular weight is 430 g/mol. The first-order chi connectivity index (χ1) is 14.9. The average Bonchev–Trinajstić information content (AvgIpc) is 2.99. The van der Waals surface area contributed by atoms with Gasteiger partial charge in [0.25, 0.3) is 11.8 Å². The van der Waals surface area contributed by atoms with Crippen molar-refractivity contribution >= 4 is 29.5 Å². The Kier molecular flexibility index (Phi) is 7.30. The molecule has 0 bridgehead atoms. The zero-order chi connectivity index (χ0) is 22.4. The number of esters is 1. The monoisotopic (exact) mass is 429 g/mol. The number of anilines is 1. The highest BCUT2D eigenvalue weighted by Gasteiger charge is 2.55. The number of nitrogens with one attached hydrogen (secondary N) is 2. The van der Waals surface area contributed by atoms with Crippen LogP contribution in [0.2, 0.25) is 0 Å². The summed E-state index contributed by atoms with van der Waals surface area (Å²) in [4.78, 5) is 50.3. The van der Waals surface area contributed by atoms with Gasteiger partial charge in [-0.2, -0.15) is 0 Å². The summed E-state index contributed by atoms with van der Waals surface area (Å²) in [5.41, 5.74) is 0.893. The predicted molar refractivity (Wildman–Crippen MR) is 115 cm³/mol. The zero-order valence-corrected chi connectivity index (χ0v) is 18.2. The number of imide groups is 1. The van der Waals surface area contributed by atoms with E-state index in [-0.39, 0.29) is 11.8 Å². The third kappa shape index (κ3) is 5.24. The third-order valence-electron chi connectivity index (χ3n) is 6.21. The molecule has 1 aromatic carbocycles. The lowest BCUT2D eigenvalue weighted by Crippen LogP contribution is -2.54. The van der Waals surface area contributed by atoms with Crippen LogP contribution in [0.3, 0.4) is 0 Å². The van der Waals surface area contributed by atoms with Crippen LogP contribution in [-0.4, -0.2) is 47.4 Å². The summed E-state index contributed by atoms with van der Waals surface area (Å²) in [5, 5.41) is 5.46. The van der Waals surface area contributed by atoms with Crippen LogP contribution >= 0.6 is 0 Å². The second-order valence-corrected chi connectivity index (χ2v) is 8.45. The first-order valence-electron chi connectivity index (χ1n) is 11.0. The molecule has 2 atom stereocenters. The lowest BCUT2D eigenvalue weighted by Gasteiger charge is -2.36. The minimum Gasteiger partial charge on any atom is -0.454 e. The molecule has 2 fully saturated rings. The molecule has 1 spiro atoms. The Labute approximate surface area is 182 Å². The summed E-state index contributed by atoms with van der Waals surface area (Å²) in [7, 11) is 0. The van der Waals surface area contributed by atoms with Gasteiger partial charge < -0.3 is 15.4 Å². The van der Waals surface area contributed by atoms with Gasteiger partial charge in [0.05, 0.1) is 0 Å². The maximum Gasteiger partial charge on any atom is 0.326 e. The van der Waals surface area contributed by atoms with Crippen LogP contribution in [-0.2, 0) is 25.5 Å². The Balaban J connectivity index is 1.47. The van der Waals surface area contributed by atoms with E-state index in [9.17, 15) is 19.2 Å². The second kappa shape index (κ2) is 9.94. The van der Waals surface area contributed by atoms with Crippen molar-refractivity contribution in [3.05, 3.63) is 29.8 Å². The normalized spacial score (nSPS) is 23.0. The highest BCUT2D eigenvalue weighted by Crippen LogP contribution is 2.38. The number of aryl methyl sites for hydroxylation is 1. The second-order valence-electron chi connectivity index (χ2n) is 8.45. The van der Waals surface area contributed by atoms with Crippen LogP contribution in [0, 0.1) is 5.92 Å². The minimum absolute atomic E-state index is 0.0119. The number of unbranched alkanes of at least 4 members (excludes halogenated alkanes) is 1. The van der Waals surface area contributed by atoms with Gasteiger partial charge >= 0.3 is 12.0 Å². The number of urea groups is 1. The Bertz CT molecular complexity index is 838. The fourth-order valence-electron chi connectivity index (χ4n) is 4.29. The van der Waals surface area contributed by atoms with Crippen LogP contribution in [0.1, 0.15) is 57.9 Å². The molecule has 1 aliphatic carbocycles. The van der Waals surface area contributed by atoms with Gasteiger partial charge in [-0.05, 0) is 49.3 Å². The maximum absolute atomic E-state index is 12.9. The van der Waals surface area contributed by atoms with Crippen molar-refractivity contribution in [3.63, 3.8) is 0 Å². The summed E-state index contributed by atoms with van der Waals surface area (Å²) in [5.74, 6) is -1.65. The molecular weight excluding hydrogens is 398 g/mol. The number of carbonyl (C=O) groups excluding carboxylic acids is 4. The van der Waals surface area contributed by atoms with Gasteiger partial charge in [0.2, 0.25) is 0 Å². The van der Waals surface area contributed by atoms with Crippen molar-refractivity contribution in [2.75, 3.05) is 18.5 Å². The van der Waals surface area contributed by atoms with E-state index in [4.69, 9.17) is 4.74 Å². The summed E-state index contributed by atoms with van der Waals surface area (Å²) in [6, 6.07) is 6.95. The van der Waals surface area contributed by atoms with Crippen molar-refractivity contribution in [2.24, 2.45) is 5.92 Å². The van der Waals surface area contributed by atoms with Crippen LogP contribution in [0.25, 0.3) is 0 Å². The van der Waals surface area contributed by atoms with Gasteiger partial charge in [0, 0.05) is 5.69 Å². The zero-order valence-electron chi connectivity index (χ0n) is 18.2. The fraction of sp³-hybridized carbons (Fsp3) is 0.565. The Morgan fingerprint density at radius 1 is 1.23 bits per heavy atom. The highest BCUT2D eigenvalue weighted by molar-refractivity contribution is 6.09. The van der Waals surface area contributed by atoms with Gasteiger partial charge in [-0.3, -0.25) is 19.3 Å². The lowest BCUT2D eigenvalue weighted by atomic mass is 9.73. The molecule has 0 aromatic heterocycles. The molecular formula is C23H31N3O5. The molecule has 1 saturated heterocycles. The summed E-state index contributed by atoms with van der Waals surface area (Å²) in [6.45, 7) is 3.09. The van der Waals surface area contributed by atoms with Crippen molar-refractivity contribution in [2.45, 2.75) is 64.3 Å². The van der Waals surface area contributed by atoms with Crippen LogP contribution in [0.4, 0.5) is 10.5 Å². The van der Waals surface area contributed by atoms with Gasteiger partial charge in [-0.25, -0.2) is 4.79 Å². The number of hydrogen-bond acceptors (Lipinski definition) is 5. The molecule has 1 saturated carbocycles. The molecule has 2 N–H and O–H groups in total. The van der Waals surface area contributed by atoms with Crippen molar-refractivity contribution in [3.8, 4) is 0 Å². The highest BCUT2D eigenvalue weighted by atomic mass is 16.5. The molecule has 2 aliphatic rings. The number of carbonyl (C=O) groups is 4. The van der Waals surface area contributed by atoms with E-state index in [1.165, 1.54) is 5.56 Å². The molecule has 8 heteroatoms. The molecule has 4 amide bonds.